The number of aliphatic hydroxyl groups is 1. The van der Waals surface area contributed by atoms with Gasteiger partial charge in [-0.15, -0.1) is 0 Å². The maximum absolute atomic E-state index is 12.2. The number of nitrogens with zero attached hydrogens (tertiary/aromatic N) is 1. The van der Waals surface area contributed by atoms with Crippen molar-refractivity contribution < 1.29 is 9.90 Å². The number of hydrogen-bond donors (Lipinski definition) is 2. The normalized spacial score (nSPS) is 17.7. The Morgan fingerprint density at radius 3 is 2.78 bits per heavy atom. The first-order valence-corrected chi connectivity index (χ1v) is 6.50. The van der Waals surface area contributed by atoms with Gasteiger partial charge in [0, 0.05) is 11.9 Å². The summed E-state index contributed by atoms with van der Waals surface area (Å²) in [5.41, 5.74) is 0.655. The van der Waals surface area contributed by atoms with Crippen LogP contribution in [0, 0.1) is 6.92 Å². The summed E-state index contributed by atoms with van der Waals surface area (Å²) in [6.45, 7) is 1.79. The van der Waals surface area contributed by atoms with Gasteiger partial charge in [0.05, 0.1) is 22.7 Å². The number of amides is 1. The lowest BCUT2D eigenvalue weighted by Crippen LogP contribution is -2.49. The lowest BCUT2D eigenvalue weighted by Gasteiger charge is -2.28. The van der Waals surface area contributed by atoms with Crippen LogP contribution in [0.3, 0.4) is 0 Å². The Morgan fingerprint density at radius 2 is 2.22 bits per heavy atom. The predicted octanol–water partition coefficient (Wildman–Crippen LogP) is 2.08. The molecular formula is C13H17ClN2O2. The third kappa shape index (κ3) is 2.65. The van der Waals surface area contributed by atoms with Gasteiger partial charge < -0.3 is 10.4 Å². The number of aliphatic hydroxyl groups excluding tert-OH is 1. The second-order valence-corrected chi connectivity index (χ2v) is 5.31. The molecule has 5 heteroatoms. The van der Waals surface area contributed by atoms with Crippen LogP contribution in [0.2, 0.25) is 5.02 Å². The molecule has 2 N–H and O–H groups in total. The van der Waals surface area contributed by atoms with Crippen molar-refractivity contribution in [3.05, 3.63) is 28.5 Å². The highest BCUT2D eigenvalue weighted by molar-refractivity contribution is 6.33. The molecule has 0 unspecified atom stereocenters. The van der Waals surface area contributed by atoms with Crippen LogP contribution in [0.1, 0.15) is 41.7 Å². The molecular weight excluding hydrogens is 252 g/mol. The molecule has 18 heavy (non-hydrogen) atoms. The highest BCUT2D eigenvalue weighted by Crippen LogP contribution is 2.29. The molecule has 1 aliphatic carbocycles. The van der Waals surface area contributed by atoms with Crippen molar-refractivity contribution in [1.29, 1.82) is 0 Å². The van der Waals surface area contributed by atoms with E-state index in [1.54, 1.807) is 6.07 Å². The van der Waals surface area contributed by atoms with Crippen LogP contribution in [-0.4, -0.2) is 28.1 Å². The fraction of sp³-hybridized carbons (Fsp3) is 0.538. The smallest absolute Gasteiger partial charge is 0.254 e. The summed E-state index contributed by atoms with van der Waals surface area (Å²) in [6, 6.07) is 1.66. The van der Waals surface area contributed by atoms with E-state index in [1.807, 2.05) is 6.92 Å². The minimum Gasteiger partial charge on any atom is -0.394 e. The van der Waals surface area contributed by atoms with E-state index >= 15 is 0 Å². The predicted molar refractivity (Wildman–Crippen MR) is 69.7 cm³/mol. The van der Waals surface area contributed by atoms with Crippen molar-refractivity contribution >= 4 is 17.5 Å². The molecule has 0 atom stereocenters. The Bertz CT molecular complexity index is 456. The van der Waals surface area contributed by atoms with E-state index in [-0.39, 0.29) is 12.5 Å². The zero-order valence-corrected chi connectivity index (χ0v) is 11.1. The van der Waals surface area contributed by atoms with Gasteiger partial charge in [0.1, 0.15) is 0 Å². The number of pyridine rings is 1. The first-order chi connectivity index (χ1) is 8.56. The Balaban J connectivity index is 2.16. The molecule has 1 heterocycles. The van der Waals surface area contributed by atoms with Crippen LogP contribution in [0.25, 0.3) is 0 Å². The summed E-state index contributed by atoms with van der Waals surface area (Å²) in [6.07, 6.45) is 5.16. The molecule has 1 saturated carbocycles. The first-order valence-electron chi connectivity index (χ1n) is 6.12. The van der Waals surface area contributed by atoms with E-state index in [0.29, 0.717) is 10.6 Å². The molecule has 0 aliphatic heterocycles. The number of halogens is 1. The van der Waals surface area contributed by atoms with E-state index in [2.05, 4.69) is 10.3 Å². The maximum atomic E-state index is 12.2. The molecule has 1 aromatic heterocycles. The zero-order chi connectivity index (χ0) is 13.2. The van der Waals surface area contributed by atoms with Crippen LogP contribution in [0.4, 0.5) is 0 Å². The van der Waals surface area contributed by atoms with Crippen molar-refractivity contribution in [3.63, 3.8) is 0 Å². The molecule has 1 aromatic rings. The average molecular weight is 269 g/mol. The maximum Gasteiger partial charge on any atom is 0.254 e. The summed E-state index contributed by atoms with van der Waals surface area (Å²) < 4.78 is 0. The minimum absolute atomic E-state index is 0.0321. The standard InChI is InChI=1S/C13H17ClN2O2/c1-9-6-11(14)10(7-15-9)12(18)16-13(8-17)4-2-3-5-13/h6-7,17H,2-5,8H2,1H3,(H,16,18). The zero-order valence-electron chi connectivity index (χ0n) is 10.4. The largest absolute Gasteiger partial charge is 0.394 e. The monoisotopic (exact) mass is 268 g/mol. The van der Waals surface area contributed by atoms with Crippen LogP contribution in [0.15, 0.2) is 12.3 Å². The summed E-state index contributed by atoms with van der Waals surface area (Å²) in [7, 11) is 0. The molecule has 0 saturated heterocycles. The van der Waals surface area contributed by atoms with E-state index in [0.717, 1.165) is 31.4 Å². The fourth-order valence-corrected chi connectivity index (χ4v) is 2.67. The van der Waals surface area contributed by atoms with Crippen LogP contribution in [0.5, 0.6) is 0 Å². The number of rotatable bonds is 3. The number of carbonyl (C=O) groups excluding carboxylic acids is 1. The summed E-state index contributed by atoms with van der Waals surface area (Å²) in [5.74, 6) is -0.261. The lowest BCUT2D eigenvalue weighted by atomic mass is 9.98. The highest BCUT2D eigenvalue weighted by atomic mass is 35.5. The van der Waals surface area contributed by atoms with E-state index in [1.165, 1.54) is 6.20 Å². The van der Waals surface area contributed by atoms with Crippen LogP contribution in [-0.2, 0) is 0 Å². The minimum atomic E-state index is -0.481. The quantitative estimate of drug-likeness (QED) is 0.882. The summed E-state index contributed by atoms with van der Waals surface area (Å²) in [4.78, 5) is 16.2. The van der Waals surface area contributed by atoms with Crippen LogP contribution < -0.4 is 5.32 Å². The molecule has 0 aromatic carbocycles. The molecule has 4 nitrogen and oxygen atoms in total. The number of aryl methyl sites for hydroxylation is 1. The van der Waals surface area contributed by atoms with Gasteiger partial charge in [-0.05, 0) is 25.8 Å². The van der Waals surface area contributed by atoms with Gasteiger partial charge in [0.25, 0.3) is 5.91 Å². The Hall–Kier alpha value is -1.13. The molecule has 0 radical (unpaired) electrons. The third-order valence-electron chi connectivity index (χ3n) is 3.48. The average Bonchev–Trinajstić information content (AvgIpc) is 2.78. The topological polar surface area (TPSA) is 62.2 Å². The molecule has 2 rings (SSSR count). The number of aromatic nitrogens is 1. The second-order valence-electron chi connectivity index (χ2n) is 4.91. The van der Waals surface area contributed by atoms with Gasteiger partial charge in [-0.3, -0.25) is 9.78 Å². The van der Waals surface area contributed by atoms with Crippen molar-refractivity contribution in [1.82, 2.24) is 10.3 Å². The molecule has 1 amide bonds. The second kappa shape index (κ2) is 5.24. The van der Waals surface area contributed by atoms with Crippen molar-refractivity contribution in [3.8, 4) is 0 Å². The van der Waals surface area contributed by atoms with Crippen molar-refractivity contribution in [2.45, 2.75) is 38.1 Å². The number of carbonyl (C=O) groups is 1. The fourth-order valence-electron chi connectivity index (χ4n) is 2.38. The summed E-state index contributed by atoms with van der Waals surface area (Å²) in [5, 5.41) is 12.8. The van der Waals surface area contributed by atoms with Gasteiger partial charge in [-0.1, -0.05) is 24.4 Å². The van der Waals surface area contributed by atoms with Crippen LogP contribution >= 0.6 is 11.6 Å². The third-order valence-corrected chi connectivity index (χ3v) is 3.79. The SMILES string of the molecule is Cc1cc(Cl)c(C(=O)NC2(CO)CCCC2)cn1. The number of nitrogens with one attached hydrogen (secondary N) is 1. The van der Waals surface area contributed by atoms with Gasteiger partial charge in [-0.2, -0.15) is 0 Å². The van der Waals surface area contributed by atoms with Gasteiger partial charge in [-0.25, -0.2) is 0 Å². The Kier molecular flexibility index (Phi) is 3.88. The molecule has 0 bridgehead atoms. The molecule has 98 valence electrons. The van der Waals surface area contributed by atoms with E-state index in [4.69, 9.17) is 11.6 Å². The van der Waals surface area contributed by atoms with Gasteiger partial charge >= 0.3 is 0 Å². The molecule has 0 spiro atoms. The van der Waals surface area contributed by atoms with Gasteiger partial charge in [0.2, 0.25) is 0 Å². The lowest BCUT2D eigenvalue weighted by molar-refractivity contribution is 0.0838. The Morgan fingerprint density at radius 1 is 1.56 bits per heavy atom. The van der Waals surface area contributed by atoms with Crippen molar-refractivity contribution in [2.24, 2.45) is 0 Å². The molecule has 1 aliphatic rings. The number of hydrogen-bond acceptors (Lipinski definition) is 3. The Labute approximate surface area is 111 Å². The van der Waals surface area contributed by atoms with E-state index < -0.39 is 5.54 Å². The first kappa shape index (κ1) is 13.3. The van der Waals surface area contributed by atoms with Crippen molar-refractivity contribution in [2.75, 3.05) is 6.61 Å². The highest BCUT2D eigenvalue weighted by Gasteiger charge is 2.35. The molecule has 1 fully saturated rings. The summed E-state index contributed by atoms with van der Waals surface area (Å²) >= 11 is 6.04. The van der Waals surface area contributed by atoms with E-state index in [9.17, 15) is 9.90 Å². The van der Waals surface area contributed by atoms with Gasteiger partial charge in [0.15, 0.2) is 0 Å².